The van der Waals surface area contributed by atoms with Crippen LogP contribution in [0.1, 0.15) is 37.2 Å². The quantitative estimate of drug-likeness (QED) is 0.699. The predicted molar refractivity (Wildman–Crippen MR) is 59.0 cm³/mol. The summed E-state index contributed by atoms with van der Waals surface area (Å²) >= 11 is 0. The molecule has 2 fully saturated rings. The number of hydrogen-bond donors (Lipinski definition) is 1. The van der Waals surface area contributed by atoms with Gasteiger partial charge in [0.2, 0.25) is 0 Å². The van der Waals surface area contributed by atoms with Crippen molar-refractivity contribution in [1.82, 2.24) is 0 Å². The number of benzene rings is 1. The molecule has 80 valence electrons. The molecular weight excluding hydrogens is 189 g/mol. The molecule has 0 heterocycles. The van der Waals surface area contributed by atoms with Crippen LogP contribution in [0.2, 0.25) is 0 Å². The molecule has 2 aliphatic carbocycles. The van der Waals surface area contributed by atoms with Crippen LogP contribution in [0, 0.1) is 17.7 Å². The highest BCUT2D eigenvalue weighted by Crippen LogP contribution is 2.52. The molecular formula is C13H16FN. The van der Waals surface area contributed by atoms with E-state index in [0.29, 0.717) is 5.92 Å². The van der Waals surface area contributed by atoms with Gasteiger partial charge in [0.05, 0.1) is 5.69 Å². The molecule has 0 aliphatic heterocycles. The Hall–Kier alpha value is -1.05. The van der Waals surface area contributed by atoms with E-state index in [4.69, 9.17) is 5.73 Å². The van der Waals surface area contributed by atoms with Gasteiger partial charge in [-0.1, -0.05) is 12.5 Å². The van der Waals surface area contributed by atoms with Gasteiger partial charge < -0.3 is 5.73 Å². The lowest BCUT2D eigenvalue weighted by atomic mass is 9.83. The lowest BCUT2D eigenvalue weighted by Gasteiger charge is -2.22. The Labute approximate surface area is 89.5 Å². The van der Waals surface area contributed by atoms with Crippen molar-refractivity contribution in [2.45, 2.75) is 31.6 Å². The highest BCUT2D eigenvalue weighted by molar-refractivity contribution is 5.42. The minimum absolute atomic E-state index is 0.254. The van der Waals surface area contributed by atoms with Crippen LogP contribution >= 0.6 is 0 Å². The second-order valence-corrected chi connectivity index (χ2v) is 5.06. The first kappa shape index (κ1) is 9.20. The number of nitrogen functional groups attached to an aromatic ring is 1. The Bertz CT molecular complexity index is 388. The first-order valence-electron chi connectivity index (χ1n) is 5.79. The van der Waals surface area contributed by atoms with Crippen LogP contribution in [0.4, 0.5) is 10.1 Å². The van der Waals surface area contributed by atoms with Crippen molar-refractivity contribution in [3.63, 3.8) is 0 Å². The van der Waals surface area contributed by atoms with Gasteiger partial charge in [0.15, 0.2) is 0 Å². The molecule has 15 heavy (non-hydrogen) atoms. The Balaban J connectivity index is 1.90. The van der Waals surface area contributed by atoms with Crippen LogP contribution in [-0.4, -0.2) is 0 Å². The molecule has 3 rings (SSSR count). The first-order valence-corrected chi connectivity index (χ1v) is 5.79. The zero-order valence-corrected chi connectivity index (χ0v) is 8.75. The minimum Gasteiger partial charge on any atom is -0.396 e. The molecule has 1 unspecified atom stereocenters. The van der Waals surface area contributed by atoms with Gasteiger partial charge in [0, 0.05) is 0 Å². The number of nitrogens with two attached hydrogens (primary N) is 1. The Morgan fingerprint density at radius 1 is 1.20 bits per heavy atom. The van der Waals surface area contributed by atoms with Gasteiger partial charge in [-0.3, -0.25) is 0 Å². The lowest BCUT2D eigenvalue weighted by Crippen LogP contribution is -2.09. The molecule has 0 aromatic heterocycles. The zero-order valence-electron chi connectivity index (χ0n) is 8.75. The molecule has 0 spiro atoms. The summed E-state index contributed by atoms with van der Waals surface area (Å²) in [5, 5.41) is 0. The molecule has 0 saturated heterocycles. The highest BCUT2D eigenvalue weighted by Gasteiger charge is 2.40. The van der Waals surface area contributed by atoms with Gasteiger partial charge in [-0.2, -0.15) is 0 Å². The van der Waals surface area contributed by atoms with Gasteiger partial charge in [-0.15, -0.1) is 0 Å². The Kier molecular flexibility index (Phi) is 1.98. The monoisotopic (exact) mass is 205 g/mol. The van der Waals surface area contributed by atoms with E-state index in [9.17, 15) is 4.39 Å². The highest BCUT2D eigenvalue weighted by atomic mass is 19.1. The number of fused-ring (bicyclic) bond motifs is 2. The Morgan fingerprint density at radius 3 is 2.67 bits per heavy atom. The third-order valence-corrected chi connectivity index (χ3v) is 4.19. The molecule has 0 radical (unpaired) electrons. The summed E-state index contributed by atoms with van der Waals surface area (Å²) in [6, 6.07) is 5.35. The second-order valence-electron chi connectivity index (χ2n) is 5.06. The number of rotatable bonds is 1. The summed E-state index contributed by atoms with van der Waals surface area (Å²) in [6.07, 6.45) is 5.34. The van der Waals surface area contributed by atoms with Crippen LogP contribution in [-0.2, 0) is 0 Å². The number of halogens is 1. The normalized spacial score (nSPS) is 33.5. The van der Waals surface area contributed by atoms with E-state index >= 15 is 0 Å². The van der Waals surface area contributed by atoms with Crippen molar-refractivity contribution < 1.29 is 4.39 Å². The van der Waals surface area contributed by atoms with E-state index in [1.165, 1.54) is 25.7 Å². The van der Waals surface area contributed by atoms with Crippen LogP contribution in [0.3, 0.4) is 0 Å². The van der Waals surface area contributed by atoms with E-state index in [0.717, 1.165) is 17.4 Å². The minimum atomic E-state index is -0.254. The van der Waals surface area contributed by atoms with Crippen LogP contribution in [0.5, 0.6) is 0 Å². The van der Waals surface area contributed by atoms with Gasteiger partial charge in [-0.25, -0.2) is 4.39 Å². The third-order valence-electron chi connectivity index (χ3n) is 4.19. The molecule has 3 atom stereocenters. The SMILES string of the molecule is Nc1ccc(C2C[C@@H]3CC[C@H]2C3)cc1F. The molecule has 2 N–H and O–H groups in total. The second kappa shape index (κ2) is 3.22. The number of hydrogen-bond acceptors (Lipinski definition) is 1. The van der Waals surface area contributed by atoms with E-state index in [1.54, 1.807) is 12.1 Å². The fourth-order valence-electron chi connectivity index (χ4n) is 3.43. The van der Waals surface area contributed by atoms with Crippen molar-refractivity contribution in [2.24, 2.45) is 11.8 Å². The Morgan fingerprint density at radius 2 is 2.07 bits per heavy atom. The fraction of sp³-hybridized carbons (Fsp3) is 0.538. The van der Waals surface area contributed by atoms with E-state index in [2.05, 4.69) is 0 Å². The van der Waals surface area contributed by atoms with Gasteiger partial charge in [0.1, 0.15) is 5.82 Å². The third kappa shape index (κ3) is 1.43. The maximum Gasteiger partial charge on any atom is 0.146 e. The molecule has 2 heteroatoms. The summed E-state index contributed by atoms with van der Waals surface area (Å²) < 4.78 is 13.3. The average molecular weight is 205 g/mol. The van der Waals surface area contributed by atoms with Crippen molar-refractivity contribution in [3.05, 3.63) is 29.6 Å². The summed E-state index contributed by atoms with van der Waals surface area (Å²) in [6.45, 7) is 0. The number of anilines is 1. The maximum absolute atomic E-state index is 13.3. The molecule has 2 aliphatic rings. The summed E-state index contributed by atoms with van der Waals surface area (Å²) in [7, 11) is 0. The maximum atomic E-state index is 13.3. The van der Waals surface area contributed by atoms with Crippen molar-refractivity contribution in [1.29, 1.82) is 0 Å². The van der Waals surface area contributed by atoms with Crippen LogP contribution in [0.15, 0.2) is 18.2 Å². The average Bonchev–Trinajstić information content (AvgIpc) is 2.83. The summed E-state index contributed by atoms with van der Waals surface area (Å²) in [4.78, 5) is 0. The van der Waals surface area contributed by atoms with E-state index < -0.39 is 0 Å². The lowest BCUT2D eigenvalue weighted by molar-refractivity contribution is 0.418. The molecule has 1 aromatic carbocycles. The standard InChI is InChI=1S/C13H16FN/c14-12-7-10(3-4-13(12)15)11-6-8-1-2-9(11)5-8/h3-4,7-9,11H,1-2,5-6,15H2/t8-,9+,11?/m1/s1. The van der Waals surface area contributed by atoms with Crippen molar-refractivity contribution in [2.75, 3.05) is 5.73 Å². The fourth-order valence-corrected chi connectivity index (χ4v) is 3.43. The molecule has 1 nitrogen and oxygen atoms in total. The summed E-state index contributed by atoms with van der Waals surface area (Å²) in [5.74, 6) is 2.05. The predicted octanol–water partition coefficient (Wildman–Crippen LogP) is 3.31. The van der Waals surface area contributed by atoms with Crippen molar-refractivity contribution in [3.8, 4) is 0 Å². The van der Waals surface area contributed by atoms with Gasteiger partial charge in [0.25, 0.3) is 0 Å². The zero-order chi connectivity index (χ0) is 10.4. The molecule has 2 bridgehead atoms. The van der Waals surface area contributed by atoms with Crippen molar-refractivity contribution >= 4 is 5.69 Å². The molecule has 2 saturated carbocycles. The molecule has 1 aromatic rings. The van der Waals surface area contributed by atoms with E-state index in [1.807, 2.05) is 6.07 Å². The first-order chi connectivity index (χ1) is 7.24. The molecule has 0 amide bonds. The van der Waals surface area contributed by atoms with Gasteiger partial charge in [-0.05, 0) is 54.7 Å². The summed E-state index contributed by atoms with van der Waals surface area (Å²) in [5.41, 5.74) is 6.91. The van der Waals surface area contributed by atoms with E-state index in [-0.39, 0.29) is 11.5 Å². The topological polar surface area (TPSA) is 26.0 Å². The van der Waals surface area contributed by atoms with Gasteiger partial charge >= 0.3 is 0 Å². The largest absolute Gasteiger partial charge is 0.396 e. The smallest absolute Gasteiger partial charge is 0.146 e. The van der Waals surface area contributed by atoms with Crippen LogP contribution < -0.4 is 5.73 Å². The van der Waals surface area contributed by atoms with Crippen LogP contribution in [0.25, 0.3) is 0 Å².